The average Bonchev–Trinajstić information content (AvgIpc) is 2.32. The SMILES string of the molecule is CN1CCCCC1COc1nc(Cl)ncc1Cl. The summed E-state index contributed by atoms with van der Waals surface area (Å²) in [5, 5.41) is 0.550. The molecule has 0 aliphatic carbocycles. The van der Waals surface area contributed by atoms with Crippen molar-refractivity contribution in [3.8, 4) is 5.88 Å². The number of likely N-dealkylation sites (N-methyl/N-ethyl adjacent to an activating group) is 1. The fraction of sp³-hybridized carbons (Fsp3) is 0.636. The first-order chi connectivity index (χ1) is 8.16. The summed E-state index contributed by atoms with van der Waals surface area (Å²) in [4.78, 5) is 10.1. The highest BCUT2D eigenvalue weighted by Crippen LogP contribution is 2.23. The molecule has 0 amide bonds. The minimum Gasteiger partial charge on any atom is -0.475 e. The Morgan fingerprint density at radius 1 is 1.47 bits per heavy atom. The molecule has 0 aromatic carbocycles. The lowest BCUT2D eigenvalue weighted by molar-refractivity contribution is 0.122. The molecule has 2 rings (SSSR count). The summed E-state index contributed by atoms with van der Waals surface area (Å²) in [6, 6.07) is 0.425. The number of halogens is 2. The van der Waals surface area contributed by atoms with Gasteiger partial charge in [0.25, 0.3) is 0 Å². The van der Waals surface area contributed by atoms with E-state index in [0.717, 1.165) is 13.0 Å². The molecule has 0 spiro atoms. The van der Waals surface area contributed by atoms with E-state index in [2.05, 4.69) is 21.9 Å². The van der Waals surface area contributed by atoms with E-state index in [1.807, 2.05) is 0 Å². The molecule has 6 heteroatoms. The van der Waals surface area contributed by atoms with Crippen LogP contribution in [0.4, 0.5) is 0 Å². The summed E-state index contributed by atoms with van der Waals surface area (Å²) in [5.41, 5.74) is 0. The van der Waals surface area contributed by atoms with Gasteiger partial charge in [0, 0.05) is 6.04 Å². The first kappa shape index (κ1) is 12.9. The van der Waals surface area contributed by atoms with Gasteiger partial charge in [-0.25, -0.2) is 4.98 Å². The van der Waals surface area contributed by atoms with E-state index >= 15 is 0 Å². The average molecular weight is 276 g/mol. The lowest BCUT2D eigenvalue weighted by Crippen LogP contribution is -2.40. The van der Waals surface area contributed by atoms with Crippen molar-refractivity contribution in [1.82, 2.24) is 14.9 Å². The van der Waals surface area contributed by atoms with Gasteiger partial charge in [-0.1, -0.05) is 18.0 Å². The zero-order chi connectivity index (χ0) is 12.3. The van der Waals surface area contributed by atoms with Crippen LogP contribution in [0.1, 0.15) is 19.3 Å². The van der Waals surface area contributed by atoms with Gasteiger partial charge >= 0.3 is 0 Å². The highest BCUT2D eigenvalue weighted by molar-refractivity contribution is 6.32. The Kier molecular flexibility index (Phi) is 4.42. The standard InChI is InChI=1S/C11H15Cl2N3O/c1-16-5-3-2-4-8(16)7-17-10-9(12)6-14-11(13)15-10/h6,8H,2-5,7H2,1H3. The van der Waals surface area contributed by atoms with Gasteiger partial charge in [0.2, 0.25) is 11.2 Å². The van der Waals surface area contributed by atoms with Crippen LogP contribution in [-0.2, 0) is 0 Å². The molecule has 94 valence electrons. The summed E-state index contributed by atoms with van der Waals surface area (Å²) in [5.74, 6) is 0.366. The molecule has 17 heavy (non-hydrogen) atoms. The molecule has 2 heterocycles. The quantitative estimate of drug-likeness (QED) is 0.795. The van der Waals surface area contributed by atoms with Crippen LogP contribution >= 0.6 is 23.2 Å². The normalized spacial score (nSPS) is 21.5. The van der Waals surface area contributed by atoms with Crippen molar-refractivity contribution in [3.63, 3.8) is 0 Å². The maximum absolute atomic E-state index is 5.93. The van der Waals surface area contributed by atoms with Crippen molar-refractivity contribution in [1.29, 1.82) is 0 Å². The van der Waals surface area contributed by atoms with E-state index in [0.29, 0.717) is 23.6 Å². The number of likely N-dealkylation sites (tertiary alicyclic amines) is 1. The first-order valence-corrected chi connectivity index (χ1v) is 6.43. The fourth-order valence-corrected chi connectivity index (χ4v) is 2.23. The topological polar surface area (TPSA) is 38.2 Å². The van der Waals surface area contributed by atoms with Crippen molar-refractivity contribution in [2.45, 2.75) is 25.3 Å². The second-order valence-electron chi connectivity index (χ2n) is 4.23. The molecule has 1 aromatic heterocycles. The second kappa shape index (κ2) is 5.85. The molecule has 1 aromatic rings. The van der Waals surface area contributed by atoms with Crippen LogP contribution < -0.4 is 4.74 Å². The first-order valence-electron chi connectivity index (χ1n) is 5.68. The zero-order valence-corrected chi connectivity index (χ0v) is 11.2. The molecule has 0 N–H and O–H groups in total. The molecule has 1 unspecified atom stereocenters. The summed E-state index contributed by atoms with van der Waals surface area (Å²) < 4.78 is 5.62. The van der Waals surface area contributed by atoms with Crippen LogP contribution in [0, 0.1) is 0 Å². The van der Waals surface area contributed by atoms with Crippen molar-refractivity contribution < 1.29 is 4.74 Å². The molecule has 1 saturated heterocycles. The van der Waals surface area contributed by atoms with Crippen molar-refractivity contribution in [3.05, 3.63) is 16.5 Å². The Hall–Kier alpha value is -0.580. The second-order valence-corrected chi connectivity index (χ2v) is 4.98. The van der Waals surface area contributed by atoms with E-state index in [4.69, 9.17) is 27.9 Å². The minimum atomic E-state index is 0.154. The van der Waals surface area contributed by atoms with Crippen LogP contribution in [0.2, 0.25) is 10.3 Å². The Morgan fingerprint density at radius 2 is 2.29 bits per heavy atom. The van der Waals surface area contributed by atoms with Crippen molar-refractivity contribution >= 4 is 23.2 Å². The van der Waals surface area contributed by atoms with Crippen LogP contribution in [0.3, 0.4) is 0 Å². The third kappa shape index (κ3) is 3.44. The van der Waals surface area contributed by atoms with Gasteiger partial charge in [0.15, 0.2) is 0 Å². The Labute approximate surface area is 111 Å². The number of ether oxygens (including phenoxy) is 1. The Morgan fingerprint density at radius 3 is 3.06 bits per heavy atom. The van der Waals surface area contributed by atoms with Gasteiger partial charge in [0.05, 0.1) is 6.20 Å². The maximum Gasteiger partial charge on any atom is 0.237 e. The number of aromatic nitrogens is 2. The molecular formula is C11H15Cl2N3O. The zero-order valence-electron chi connectivity index (χ0n) is 9.70. The molecule has 1 atom stereocenters. The third-order valence-electron chi connectivity index (χ3n) is 3.02. The lowest BCUT2D eigenvalue weighted by atomic mass is 10.0. The van der Waals surface area contributed by atoms with Crippen LogP contribution in [-0.4, -0.2) is 41.1 Å². The number of hydrogen-bond donors (Lipinski definition) is 0. The number of piperidine rings is 1. The van der Waals surface area contributed by atoms with Gasteiger partial charge in [-0.3, -0.25) is 0 Å². The predicted molar refractivity (Wildman–Crippen MR) is 67.8 cm³/mol. The van der Waals surface area contributed by atoms with Crippen molar-refractivity contribution in [2.24, 2.45) is 0 Å². The largest absolute Gasteiger partial charge is 0.475 e. The summed E-state index contributed by atoms with van der Waals surface area (Å²) >= 11 is 11.6. The lowest BCUT2D eigenvalue weighted by Gasteiger charge is -2.31. The molecule has 0 bridgehead atoms. The van der Waals surface area contributed by atoms with Gasteiger partial charge in [-0.05, 0) is 38.0 Å². The fourth-order valence-electron chi connectivity index (χ4n) is 1.96. The van der Waals surface area contributed by atoms with Gasteiger partial charge < -0.3 is 9.64 Å². The van der Waals surface area contributed by atoms with Crippen LogP contribution in [0.25, 0.3) is 0 Å². The Bertz CT molecular complexity index is 389. The van der Waals surface area contributed by atoms with Crippen LogP contribution in [0.5, 0.6) is 5.88 Å². The summed E-state index contributed by atoms with van der Waals surface area (Å²) in [7, 11) is 2.11. The third-order valence-corrected chi connectivity index (χ3v) is 3.46. The van der Waals surface area contributed by atoms with E-state index < -0.39 is 0 Å². The molecule has 0 radical (unpaired) electrons. The molecular weight excluding hydrogens is 261 g/mol. The van der Waals surface area contributed by atoms with E-state index in [9.17, 15) is 0 Å². The molecule has 1 aliphatic rings. The number of nitrogens with zero attached hydrogens (tertiary/aromatic N) is 3. The number of rotatable bonds is 3. The monoisotopic (exact) mass is 275 g/mol. The summed E-state index contributed by atoms with van der Waals surface area (Å²) in [6.07, 6.45) is 5.10. The van der Waals surface area contributed by atoms with E-state index in [-0.39, 0.29) is 5.28 Å². The molecule has 1 aliphatic heterocycles. The predicted octanol–water partition coefficient (Wildman–Crippen LogP) is 2.65. The van der Waals surface area contributed by atoms with Gasteiger partial charge in [0.1, 0.15) is 11.6 Å². The van der Waals surface area contributed by atoms with Gasteiger partial charge in [-0.2, -0.15) is 4.98 Å². The summed E-state index contributed by atoms with van der Waals surface area (Å²) in [6.45, 7) is 1.70. The Balaban J connectivity index is 1.94. The highest BCUT2D eigenvalue weighted by Gasteiger charge is 2.20. The maximum atomic E-state index is 5.93. The van der Waals surface area contributed by atoms with E-state index in [1.54, 1.807) is 0 Å². The smallest absolute Gasteiger partial charge is 0.237 e. The van der Waals surface area contributed by atoms with Crippen LogP contribution in [0.15, 0.2) is 6.20 Å². The number of hydrogen-bond acceptors (Lipinski definition) is 4. The molecule has 0 saturated carbocycles. The van der Waals surface area contributed by atoms with Crippen molar-refractivity contribution in [2.75, 3.05) is 20.2 Å². The van der Waals surface area contributed by atoms with Gasteiger partial charge in [-0.15, -0.1) is 0 Å². The molecule has 1 fully saturated rings. The van der Waals surface area contributed by atoms with E-state index in [1.165, 1.54) is 19.0 Å². The molecule has 4 nitrogen and oxygen atoms in total. The highest BCUT2D eigenvalue weighted by atomic mass is 35.5. The minimum absolute atomic E-state index is 0.154.